The van der Waals surface area contributed by atoms with E-state index >= 15 is 0 Å². The van der Waals surface area contributed by atoms with Gasteiger partial charge in [0.1, 0.15) is 11.5 Å². The SMILES string of the molecule is Cn1cc(C2CCCCC2)c2ccc(Nc3ccc(F)c(F)c3)nc21. The van der Waals surface area contributed by atoms with Crippen LogP contribution in [0.2, 0.25) is 0 Å². The van der Waals surface area contributed by atoms with E-state index in [1.165, 1.54) is 49.1 Å². The molecule has 1 aromatic carbocycles. The summed E-state index contributed by atoms with van der Waals surface area (Å²) in [4.78, 5) is 4.67. The molecule has 1 N–H and O–H groups in total. The predicted octanol–water partition coefficient (Wildman–Crippen LogP) is 5.64. The number of aryl methyl sites for hydroxylation is 1. The van der Waals surface area contributed by atoms with Crippen molar-refractivity contribution in [2.24, 2.45) is 7.05 Å². The Bertz CT molecular complexity index is 911. The summed E-state index contributed by atoms with van der Waals surface area (Å²) in [6.45, 7) is 0. The van der Waals surface area contributed by atoms with Gasteiger partial charge in [0.05, 0.1) is 0 Å². The Morgan fingerprint density at radius 3 is 2.60 bits per heavy atom. The summed E-state index contributed by atoms with van der Waals surface area (Å²) in [5.41, 5.74) is 2.77. The summed E-state index contributed by atoms with van der Waals surface area (Å²) >= 11 is 0. The van der Waals surface area contributed by atoms with Gasteiger partial charge in [0.15, 0.2) is 11.6 Å². The van der Waals surface area contributed by atoms with Gasteiger partial charge in [-0.05, 0) is 48.6 Å². The number of aromatic nitrogens is 2. The minimum Gasteiger partial charge on any atom is -0.340 e. The van der Waals surface area contributed by atoms with Crippen molar-refractivity contribution in [3.8, 4) is 0 Å². The number of pyridine rings is 1. The van der Waals surface area contributed by atoms with Crippen molar-refractivity contribution in [2.75, 3.05) is 5.32 Å². The molecule has 5 heteroatoms. The van der Waals surface area contributed by atoms with Gasteiger partial charge in [0, 0.05) is 30.4 Å². The number of hydrogen-bond acceptors (Lipinski definition) is 2. The molecule has 2 aromatic heterocycles. The van der Waals surface area contributed by atoms with Crippen LogP contribution in [0, 0.1) is 11.6 Å². The molecule has 130 valence electrons. The minimum absolute atomic E-state index is 0.479. The highest BCUT2D eigenvalue weighted by atomic mass is 19.2. The molecule has 0 saturated heterocycles. The predicted molar refractivity (Wildman–Crippen MR) is 96.2 cm³/mol. The summed E-state index contributed by atoms with van der Waals surface area (Å²) in [6, 6.07) is 7.73. The van der Waals surface area contributed by atoms with Crippen LogP contribution in [-0.4, -0.2) is 9.55 Å². The highest BCUT2D eigenvalue weighted by Crippen LogP contribution is 2.37. The Morgan fingerprint density at radius 2 is 1.84 bits per heavy atom. The molecule has 3 aromatic rings. The second kappa shape index (κ2) is 6.47. The zero-order valence-corrected chi connectivity index (χ0v) is 14.2. The molecule has 0 unspecified atom stereocenters. The van der Waals surface area contributed by atoms with E-state index in [1.54, 1.807) is 0 Å². The monoisotopic (exact) mass is 341 g/mol. The van der Waals surface area contributed by atoms with Crippen molar-refractivity contribution in [3.05, 3.63) is 53.7 Å². The average Bonchev–Trinajstić information content (AvgIpc) is 2.95. The third-order valence-electron chi connectivity index (χ3n) is 5.09. The molecule has 0 amide bonds. The number of hydrogen-bond donors (Lipinski definition) is 1. The third kappa shape index (κ3) is 3.11. The van der Waals surface area contributed by atoms with Gasteiger partial charge in [-0.15, -0.1) is 0 Å². The van der Waals surface area contributed by atoms with E-state index in [-0.39, 0.29) is 0 Å². The number of nitrogens with zero attached hydrogens (tertiary/aromatic N) is 2. The smallest absolute Gasteiger partial charge is 0.160 e. The molecule has 1 aliphatic rings. The lowest BCUT2D eigenvalue weighted by Gasteiger charge is -2.21. The molecule has 1 saturated carbocycles. The molecule has 3 nitrogen and oxygen atoms in total. The van der Waals surface area contributed by atoms with Crippen molar-refractivity contribution < 1.29 is 8.78 Å². The van der Waals surface area contributed by atoms with Crippen LogP contribution in [0.15, 0.2) is 36.5 Å². The maximum Gasteiger partial charge on any atom is 0.160 e. The zero-order valence-electron chi connectivity index (χ0n) is 14.2. The van der Waals surface area contributed by atoms with Crippen LogP contribution in [0.5, 0.6) is 0 Å². The van der Waals surface area contributed by atoms with Crippen LogP contribution in [0.1, 0.15) is 43.6 Å². The molecule has 0 radical (unpaired) electrons. The van der Waals surface area contributed by atoms with Gasteiger partial charge in [-0.2, -0.15) is 0 Å². The van der Waals surface area contributed by atoms with Crippen LogP contribution in [0.3, 0.4) is 0 Å². The Labute approximate surface area is 145 Å². The molecule has 1 aliphatic carbocycles. The first-order valence-corrected chi connectivity index (χ1v) is 8.80. The highest BCUT2D eigenvalue weighted by Gasteiger charge is 2.20. The largest absolute Gasteiger partial charge is 0.340 e. The number of fused-ring (bicyclic) bond motifs is 1. The zero-order chi connectivity index (χ0) is 17.4. The van der Waals surface area contributed by atoms with Gasteiger partial charge in [0.25, 0.3) is 0 Å². The normalized spacial score (nSPS) is 15.6. The summed E-state index contributed by atoms with van der Waals surface area (Å²) in [6.07, 6.45) is 8.60. The topological polar surface area (TPSA) is 29.9 Å². The lowest BCUT2D eigenvalue weighted by Crippen LogP contribution is -2.03. The second-order valence-electron chi connectivity index (χ2n) is 6.85. The quantitative estimate of drug-likeness (QED) is 0.668. The second-order valence-corrected chi connectivity index (χ2v) is 6.85. The molecule has 4 rings (SSSR count). The molecule has 0 atom stereocenters. The molecular weight excluding hydrogens is 320 g/mol. The fraction of sp³-hybridized carbons (Fsp3) is 0.350. The first-order valence-electron chi connectivity index (χ1n) is 8.80. The Kier molecular flexibility index (Phi) is 4.15. The van der Waals surface area contributed by atoms with Crippen molar-refractivity contribution in [3.63, 3.8) is 0 Å². The number of nitrogens with one attached hydrogen (secondary N) is 1. The summed E-state index contributed by atoms with van der Waals surface area (Å²) in [5, 5.41) is 4.23. The lowest BCUT2D eigenvalue weighted by atomic mass is 9.84. The maximum atomic E-state index is 13.4. The van der Waals surface area contributed by atoms with E-state index in [2.05, 4.69) is 27.1 Å². The van der Waals surface area contributed by atoms with Crippen LogP contribution < -0.4 is 5.32 Å². The molecule has 0 bridgehead atoms. The molecule has 0 spiro atoms. The fourth-order valence-corrected chi connectivity index (χ4v) is 3.81. The summed E-state index contributed by atoms with van der Waals surface area (Å²) < 4.78 is 28.5. The summed E-state index contributed by atoms with van der Waals surface area (Å²) in [7, 11) is 2.00. The van der Waals surface area contributed by atoms with E-state index in [0.29, 0.717) is 17.4 Å². The van der Waals surface area contributed by atoms with Gasteiger partial charge in [-0.25, -0.2) is 13.8 Å². The third-order valence-corrected chi connectivity index (χ3v) is 5.09. The van der Waals surface area contributed by atoms with Crippen LogP contribution in [-0.2, 0) is 7.05 Å². The molecular formula is C20H21F2N3. The minimum atomic E-state index is -0.871. The lowest BCUT2D eigenvalue weighted by molar-refractivity contribution is 0.445. The number of rotatable bonds is 3. The maximum absolute atomic E-state index is 13.4. The Morgan fingerprint density at radius 1 is 1.04 bits per heavy atom. The van der Waals surface area contributed by atoms with E-state index in [1.807, 2.05) is 13.1 Å². The van der Waals surface area contributed by atoms with E-state index in [0.717, 1.165) is 17.8 Å². The molecule has 0 aliphatic heterocycles. The molecule has 2 heterocycles. The highest BCUT2D eigenvalue weighted by molar-refractivity contribution is 5.83. The van der Waals surface area contributed by atoms with E-state index in [4.69, 9.17) is 0 Å². The number of benzene rings is 1. The summed E-state index contributed by atoms with van der Waals surface area (Å²) in [5.74, 6) is -0.489. The Hall–Kier alpha value is -2.43. The van der Waals surface area contributed by atoms with Gasteiger partial charge in [0.2, 0.25) is 0 Å². The van der Waals surface area contributed by atoms with Crippen molar-refractivity contribution in [2.45, 2.75) is 38.0 Å². The average molecular weight is 341 g/mol. The van der Waals surface area contributed by atoms with Crippen LogP contribution >= 0.6 is 0 Å². The van der Waals surface area contributed by atoms with Gasteiger partial charge in [-0.1, -0.05) is 19.3 Å². The van der Waals surface area contributed by atoms with Crippen molar-refractivity contribution in [1.82, 2.24) is 9.55 Å². The number of anilines is 2. The van der Waals surface area contributed by atoms with E-state index < -0.39 is 11.6 Å². The Balaban J connectivity index is 1.66. The van der Waals surface area contributed by atoms with Gasteiger partial charge >= 0.3 is 0 Å². The number of halogens is 2. The first kappa shape index (κ1) is 16.1. The first-order chi connectivity index (χ1) is 12.1. The van der Waals surface area contributed by atoms with E-state index in [9.17, 15) is 8.78 Å². The van der Waals surface area contributed by atoms with Gasteiger partial charge in [-0.3, -0.25) is 0 Å². The van der Waals surface area contributed by atoms with Crippen LogP contribution in [0.4, 0.5) is 20.3 Å². The van der Waals surface area contributed by atoms with Crippen LogP contribution in [0.25, 0.3) is 11.0 Å². The van der Waals surface area contributed by atoms with Crippen molar-refractivity contribution in [1.29, 1.82) is 0 Å². The molecule has 1 fully saturated rings. The van der Waals surface area contributed by atoms with Crippen molar-refractivity contribution >= 4 is 22.5 Å². The van der Waals surface area contributed by atoms with Gasteiger partial charge < -0.3 is 9.88 Å². The standard InChI is InChI=1S/C20H21F2N3/c1-25-12-16(13-5-3-2-4-6-13)15-8-10-19(24-20(15)25)23-14-7-9-17(21)18(22)11-14/h7-13H,2-6H2,1H3,(H,23,24). The fourth-order valence-electron chi connectivity index (χ4n) is 3.81. The molecule has 25 heavy (non-hydrogen) atoms.